The summed E-state index contributed by atoms with van der Waals surface area (Å²) in [5.74, 6) is 3.15. The summed E-state index contributed by atoms with van der Waals surface area (Å²) in [4.78, 5) is 0. The fourth-order valence-corrected chi connectivity index (χ4v) is 6.31. The second-order valence-corrected chi connectivity index (χ2v) is 8.50. The zero-order valence-corrected chi connectivity index (χ0v) is 12.8. The molecule has 0 N–H and O–H groups in total. The van der Waals surface area contributed by atoms with Crippen LogP contribution in [0.5, 0.6) is 0 Å². The van der Waals surface area contributed by atoms with E-state index in [-0.39, 0.29) is 0 Å². The minimum Gasteiger partial charge on any atom is -0.0596 e. The van der Waals surface area contributed by atoms with E-state index in [1.54, 1.807) is 6.42 Å². The molecule has 3 rings (SSSR count). The van der Waals surface area contributed by atoms with Crippen LogP contribution >= 0.6 is 0 Å². The molecule has 3 saturated carbocycles. The molecule has 0 saturated heterocycles. The van der Waals surface area contributed by atoms with Crippen LogP contribution in [0, 0.1) is 28.6 Å². The first-order valence-corrected chi connectivity index (χ1v) is 8.54. The number of fused-ring (bicyclic) bond motifs is 1. The van der Waals surface area contributed by atoms with Gasteiger partial charge in [0.2, 0.25) is 0 Å². The molecule has 104 valence electrons. The summed E-state index contributed by atoms with van der Waals surface area (Å²) in [6.45, 7) is 7.83. The molecular weight excluding hydrogens is 216 g/mol. The summed E-state index contributed by atoms with van der Waals surface area (Å²) in [5.41, 5.74) is 1.31. The number of rotatable bonds is 1. The summed E-state index contributed by atoms with van der Waals surface area (Å²) < 4.78 is 0. The molecule has 0 heterocycles. The van der Waals surface area contributed by atoms with Gasteiger partial charge in [-0.25, -0.2) is 0 Å². The smallest absolute Gasteiger partial charge is 0.0261 e. The fraction of sp³-hybridized carbons (Fsp3) is 1.00. The zero-order chi connectivity index (χ0) is 12.8. The quantitative estimate of drug-likeness (QED) is 0.549. The highest BCUT2D eigenvalue weighted by atomic mass is 14.6. The highest BCUT2D eigenvalue weighted by molar-refractivity contribution is 5.06. The van der Waals surface area contributed by atoms with Crippen molar-refractivity contribution in [1.29, 1.82) is 0 Å². The van der Waals surface area contributed by atoms with Crippen molar-refractivity contribution in [3.63, 3.8) is 0 Å². The molecule has 0 aliphatic heterocycles. The summed E-state index contributed by atoms with van der Waals surface area (Å²) in [6, 6.07) is 0. The second kappa shape index (κ2) is 4.53. The van der Waals surface area contributed by atoms with Crippen molar-refractivity contribution < 1.29 is 0 Å². The first-order chi connectivity index (χ1) is 8.54. The Morgan fingerprint density at radius 2 is 1.22 bits per heavy atom. The van der Waals surface area contributed by atoms with Gasteiger partial charge in [0.05, 0.1) is 0 Å². The van der Waals surface area contributed by atoms with Crippen LogP contribution in [0.15, 0.2) is 0 Å². The van der Waals surface area contributed by atoms with Crippen LogP contribution in [0.3, 0.4) is 0 Å². The average molecular weight is 248 g/mol. The summed E-state index contributed by atoms with van der Waals surface area (Å²) >= 11 is 0. The SMILES string of the molecule is CC1(C)CC(C)(C2CCCCC2)C2CCCCC21. The normalized spacial score (nSPS) is 44.8. The Morgan fingerprint density at radius 1 is 0.667 bits per heavy atom. The third-order valence-corrected chi connectivity index (χ3v) is 6.99. The Morgan fingerprint density at radius 3 is 1.89 bits per heavy atom. The molecule has 3 unspecified atom stereocenters. The van der Waals surface area contributed by atoms with Gasteiger partial charge in [0.15, 0.2) is 0 Å². The molecule has 0 nitrogen and oxygen atoms in total. The van der Waals surface area contributed by atoms with E-state index < -0.39 is 0 Å². The van der Waals surface area contributed by atoms with Crippen molar-refractivity contribution in [2.24, 2.45) is 28.6 Å². The highest BCUT2D eigenvalue weighted by Crippen LogP contribution is 2.65. The van der Waals surface area contributed by atoms with Gasteiger partial charge < -0.3 is 0 Å². The van der Waals surface area contributed by atoms with E-state index in [2.05, 4.69) is 20.8 Å². The lowest BCUT2D eigenvalue weighted by Crippen LogP contribution is -2.36. The maximum atomic E-state index is 2.68. The fourth-order valence-electron chi connectivity index (χ4n) is 6.31. The standard InChI is InChI=1S/C18H32/c1-17(2)13-18(3,14-9-5-4-6-10-14)16-12-8-7-11-15(16)17/h14-16H,4-13H2,1-3H3. The molecular formula is C18H32. The second-order valence-electron chi connectivity index (χ2n) is 8.50. The number of hydrogen-bond donors (Lipinski definition) is 0. The zero-order valence-electron chi connectivity index (χ0n) is 12.8. The Hall–Kier alpha value is 0. The van der Waals surface area contributed by atoms with Crippen molar-refractivity contribution in [1.82, 2.24) is 0 Å². The molecule has 3 aliphatic carbocycles. The highest BCUT2D eigenvalue weighted by Gasteiger charge is 2.57. The van der Waals surface area contributed by atoms with Crippen LogP contribution in [0.4, 0.5) is 0 Å². The molecule has 0 spiro atoms. The van der Waals surface area contributed by atoms with Gasteiger partial charge in [-0.3, -0.25) is 0 Å². The van der Waals surface area contributed by atoms with Gasteiger partial charge in [0, 0.05) is 0 Å². The van der Waals surface area contributed by atoms with Gasteiger partial charge in [0.1, 0.15) is 0 Å². The molecule has 18 heavy (non-hydrogen) atoms. The predicted octanol–water partition coefficient (Wildman–Crippen LogP) is 5.81. The molecule has 0 aromatic carbocycles. The van der Waals surface area contributed by atoms with Gasteiger partial charge in [-0.05, 0) is 60.7 Å². The van der Waals surface area contributed by atoms with Crippen molar-refractivity contribution in [2.75, 3.05) is 0 Å². The van der Waals surface area contributed by atoms with Crippen molar-refractivity contribution in [3.8, 4) is 0 Å². The van der Waals surface area contributed by atoms with E-state index in [0.717, 1.165) is 17.8 Å². The lowest BCUT2D eigenvalue weighted by Gasteiger charge is -2.44. The van der Waals surface area contributed by atoms with Gasteiger partial charge in [-0.15, -0.1) is 0 Å². The van der Waals surface area contributed by atoms with Crippen LogP contribution in [-0.2, 0) is 0 Å². The molecule has 0 bridgehead atoms. The molecule has 0 heteroatoms. The van der Waals surface area contributed by atoms with Crippen LogP contribution in [0.1, 0.15) is 85.0 Å². The van der Waals surface area contributed by atoms with Crippen LogP contribution in [0.25, 0.3) is 0 Å². The largest absolute Gasteiger partial charge is 0.0596 e. The maximum absolute atomic E-state index is 2.68. The summed E-state index contributed by atoms with van der Waals surface area (Å²) in [6.07, 6.45) is 15.2. The lowest BCUT2D eigenvalue weighted by molar-refractivity contribution is 0.0541. The third kappa shape index (κ3) is 1.95. The summed E-state index contributed by atoms with van der Waals surface area (Å²) in [7, 11) is 0. The topological polar surface area (TPSA) is 0 Å². The molecule has 0 radical (unpaired) electrons. The van der Waals surface area contributed by atoms with Crippen LogP contribution < -0.4 is 0 Å². The van der Waals surface area contributed by atoms with E-state index >= 15 is 0 Å². The molecule has 3 aliphatic rings. The van der Waals surface area contributed by atoms with Crippen molar-refractivity contribution >= 4 is 0 Å². The Labute approximate surface area is 114 Å². The predicted molar refractivity (Wildman–Crippen MR) is 78.5 cm³/mol. The van der Waals surface area contributed by atoms with Gasteiger partial charge in [-0.2, -0.15) is 0 Å². The number of hydrogen-bond acceptors (Lipinski definition) is 0. The van der Waals surface area contributed by atoms with Crippen molar-refractivity contribution in [3.05, 3.63) is 0 Å². The lowest BCUT2D eigenvalue weighted by atomic mass is 9.61. The molecule has 3 fully saturated rings. The minimum atomic E-state index is 0.622. The van der Waals surface area contributed by atoms with Crippen molar-refractivity contribution in [2.45, 2.75) is 85.0 Å². The van der Waals surface area contributed by atoms with E-state index in [1.807, 2.05) is 0 Å². The summed E-state index contributed by atoms with van der Waals surface area (Å²) in [5, 5.41) is 0. The van der Waals surface area contributed by atoms with Crippen LogP contribution in [0.2, 0.25) is 0 Å². The molecule has 0 aromatic heterocycles. The van der Waals surface area contributed by atoms with Gasteiger partial charge in [-0.1, -0.05) is 52.9 Å². The van der Waals surface area contributed by atoms with E-state index in [0.29, 0.717) is 10.8 Å². The molecule has 0 aromatic rings. The Balaban J connectivity index is 1.86. The van der Waals surface area contributed by atoms with E-state index in [9.17, 15) is 0 Å². The van der Waals surface area contributed by atoms with E-state index in [4.69, 9.17) is 0 Å². The average Bonchev–Trinajstić information content (AvgIpc) is 2.60. The maximum Gasteiger partial charge on any atom is -0.0261 e. The van der Waals surface area contributed by atoms with Crippen LogP contribution in [-0.4, -0.2) is 0 Å². The van der Waals surface area contributed by atoms with E-state index in [1.165, 1.54) is 57.8 Å². The minimum absolute atomic E-state index is 0.622. The molecule has 0 amide bonds. The van der Waals surface area contributed by atoms with Gasteiger partial charge in [0.25, 0.3) is 0 Å². The monoisotopic (exact) mass is 248 g/mol. The Bertz CT molecular complexity index is 297. The first kappa shape index (κ1) is 13.0. The first-order valence-electron chi connectivity index (χ1n) is 8.54. The third-order valence-electron chi connectivity index (χ3n) is 6.99. The molecule has 3 atom stereocenters. The van der Waals surface area contributed by atoms with Gasteiger partial charge >= 0.3 is 0 Å². The Kier molecular flexibility index (Phi) is 3.27.